The number of benzene rings is 2. The largest absolute Gasteiger partial charge is 0.383 e. The van der Waals surface area contributed by atoms with Crippen molar-refractivity contribution in [1.82, 2.24) is 15.2 Å². The fourth-order valence-corrected chi connectivity index (χ4v) is 4.79. The van der Waals surface area contributed by atoms with Gasteiger partial charge in [0, 0.05) is 50.0 Å². The van der Waals surface area contributed by atoms with Crippen molar-refractivity contribution < 1.29 is 13.9 Å². The summed E-state index contributed by atoms with van der Waals surface area (Å²) in [5.41, 5.74) is 12.8. The van der Waals surface area contributed by atoms with Crippen LogP contribution in [0.25, 0.3) is 27.8 Å². The van der Waals surface area contributed by atoms with Gasteiger partial charge in [-0.05, 0) is 52.8 Å². The SMILES string of the molecule is COCCN1CC=C(c2ccc(-c3cc(-c4ccc5c(c4)CCNC5=O)c(N)nc3F)cc2)CC1. The molecule has 0 radical (unpaired) electrons. The third-order valence-corrected chi connectivity index (χ3v) is 6.82. The van der Waals surface area contributed by atoms with E-state index in [4.69, 9.17) is 10.5 Å². The minimum atomic E-state index is -0.595. The second-order valence-electron chi connectivity index (χ2n) is 8.99. The van der Waals surface area contributed by atoms with E-state index in [-0.39, 0.29) is 11.7 Å². The van der Waals surface area contributed by atoms with Gasteiger partial charge >= 0.3 is 0 Å². The molecule has 2 aromatic carbocycles. The second-order valence-corrected chi connectivity index (χ2v) is 8.99. The number of amides is 1. The molecule has 2 aliphatic heterocycles. The molecular formula is C28H29FN4O2. The average Bonchev–Trinajstić information content (AvgIpc) is 2.88. The summed E-state index contributed by atoms with van der Waals surface area (Å²) >= 11 is 0. The topological polar surface area (TPSA) is 80.5 Å². The number of carbonyl (C=O) groups is 1. The maximum absolute atomic E-state index is 14.9. The van der Waals surface area contributed by atoms with E-state index in [1.165, 1.54) is 5.57 Å². The highest BCUT2D eigenvalue weighted by Crippen LogP contribution is 2.34. The molecule has 0 saturated carbocycles. The number of ether oxygens (including phenoxy) is 1. The Morgan fingerprint density at radius 1 is 1.03 bits per heavy atom. The lowest BCUT2D eigenvalue weighted by molar-refractivity contribution is 0.0946. The number of halogens is 1. The van der Waals surface area contributed by atoms with Gasteiger partial charge < -0.3 is 15.8 Å². The fraction of sp³-hybridized carbons (Fsp3) is 0.286. The minimum Gasteiger partial charge on any atom is -0.383 e. The number of nitrogen functional groups attached to an aromatic ring is 1. The Morgan fingerprint density at radius 3 is 2.54 bits per heavy atom. The molecule has 0 unspecified atom stereocenters. The third kappa shape index (κ3) is 4.83. The van der Waals surface area contributed by atoms with Crippen molar-refractivity contribution in [2.75, 3.05) is 45.6 Å². The second kappa shape index (κ2) is 9.98. The molecule has 0 aliphatic carbocycles. The van der Waals surface area contributed by atoms with Crippen LogP contribution < -0.4 is 11.1 Å². The zero-order valence-corrected chi connectivity index (χ0v) is 19.8. The first kappa shape index (κ1) is 23.2. The molecule has 0 saturated heterocycles. The van der Waals surface area contributed by atoms with Crippen LogP contribution in [-0.2, 0) is 11.2 Å². The van der Waals surface area contributed by atoms with Gasteiger partial charge in [-0.1, -0.05) is 42.5 Å². The molecule has 1 amide bonds. The number of hydrogen-bond acceptors (Lipinski definition) is 5. The highest BCUT2D eigenvalue weighted by atomic mass is 19.1. The van der Waals surface area contributed by atoms with Crippen LogP contribution in [0.15, 0.2) is 54.6 Å². The summed E-state index contributed by atoms with van der Waals surface area (Å²) in [5, 5.41) is 2.85. The standard InChI is InChI=1S/C28H29FN4O2/c1-35-15-14-33-12-9-19(10-13-33)18-2-4-20(5-3-18)24-17-25(27(30)32-26(24)29)21-6-7-23-22(16-21)8-11-31-28(23)34/h2-7,9,16-17H,8,10-15H2,1H3,(H2,30,32)(H,31,34). The highest BCUT2D eigenvalue weighted by Gasteiger charge is 2.19. The summed E-state index contributed by atoms with van der Waals surface area (Å²) in [6.07, 6.45) is 3.98. The van der Waals surface area contributed by atoms with Gasteiger partial charge in [0.1, 0.15) is 5.82 Å². The van der Waals surface area contributed by atoms with Gasteiger partial charge in [0.15, 0.2) is 0 Å². The number of aromatic nitrogens is 1. The maximum Gasteiger partial charge on any atom is 0.251 e. The molecule has 3 heterocycles. The molecule has 1 aromatic heterocycles. The Hall–Kier alpha value is -3.55. The van der Waals surface area contributed by atoms with Crippen molar-refractivity contribution in [3.8, 4) is 22.3 Å². The van der Waals surface area contributed by atoms with E-state index in [9.17, 15) is 9.18 Å². The Kier molecular flexibility index (Phi) is 6.61. The van der Waals surface area contributed by atoms with Gasteiger partial charge in [0.25, 0.3) is 5.91 Å². The summed E-state index contributed by atoms with van der Waals surface area (Å²) in [4.78, 5) is 18.4. The van der Waals surface area contributed by atoms with Crippen molar-refractivity contribution >= 4 is 17.3 Å². The summed E-state index contributed by atoms with van der Waals surface area (Å²) in [5.74, 6) is -0.532. The number of carbonyl (C=O) groups excluding carboxylic acids is 1. The van der Waals surface area contributed by atoms with E-state index in [1.807, 2.05) is 36.4 Å². The van der Waals surface area contributed by atoms with Crippen molar-refractivity contribution in [2.45, 2.75) is 12.8 Å². The summed E-state index contributed by atoms with van der Waals surface area (Å²) < 4.78 is 20.1. The molecule has 180 valence electrons. The van der Waals surface area contributed by atoms with Gasteiger partial charge in [-0.2, -0.15) is 4.39 Å². The summed E-state index contributed by atoms with van der Waals surface area (Å²) in [6, 6.07) is 15.3. The van der Waals surface area contributed by atoms with Crippen LogP contribution in [0, 0.1) is 5.95 Å². The molecule has 5 rings (SSSR count). The zero-order chi connectivity index (χ0) is 24.4. The normalized spacial score (nSPS) is 15.9. The van der Waals surface area contributed by atoms with Crippen LogP contribution in [-0.4, -0.2) is 55.7 Å². The lowest BCUT2D eigenvalue weighted by atomic mass is 9.93. The minimum absolute atomic E-state index is 0.0699. The highest BCUT2D eigenvalue weighted by molar-refractivity contribution is 5.97. The number of fused-ring (bicyclic) bond motifs is 1. The molecule has 0 spiro atoms. The van der Waals surface area contributed by atoms with Crippen molar-refractivity contribution in [3.05, 3.63) is 77.2 Å². The number of methoxy groups -OCH3 is 1. The van der Waals surface area contributed by atoms with Crippen LogP contribution in [0.5, 0.6) is 0 Å². The molecule has 0 fully saturated rings. The molecule has 7 heteroatoms. The van der Waals surface area contributed by atoms with Crippen molar-refractivity contribution in [3.63, 3.8) is 0 Å². The van der Waals surface area contributed by atoms with Crippen LogP contribution in [0.4, 0.5) is 10.2 Å². The predicted octanol–water partition coefficient (Wildman–Crippen LogP) is 4.16. The number of nitrogens with zero attached hydrogens (tertiary/aromatic N) is 2. The molecule has 6 nitrogen and oxygen atoms in total. The molecule has 3 aromatic rings. The first-order chi connectivity index (χ1) is 17.0. The van der Waals surface area contributed by atoms with E-state index in [0.29, 0.717) is 23.2 Å². The summed E-state index contributed by atoms with van der Waals surface area (Å²) in [7, 11) is 1.72. The number of pyridine rings is 1. The van der Waals surface area contributed by atoms with Gasteiger partial charge in [-0.25, -0.2) is 4.98 Å². The van der Waals surface area contributed by atoms with E-state index < -0.39 is 5.95 Å². The predicted molar refractivity (Wildman–Crippen MR) is 136 cm³/mol. The quantitative estimate of drug-likeness (QED) is 0.527. The van der Waals surface area contributed by atoms with E-state index in [2.05, 4.69) is 21.3 Å². The zero-order valence-electron chi connectivity index (χ0n) is 19.8. The first-order valence-corrected chi connectivity index (χ1v) is 11.9. The van der Waals surface area contributed by atoms with Gasteiger partial charge in [0.05, 0.1) is 6.61 Å². The Bertz CT molecular complexity index is 1290. The smallest absolute Gasteiger partial charge is 0.251 e. The number of nitrogens with two attached hydrogens (primary N) is 1. The molecule has 0 bridgehead atoms. The van der Waals surface area contributed by atoms with E-state index >= 15 is 0 Å². The van der Waals surface area contributed by atoms with Crippen LogP contribution >= 0.6 is 0 Å². The third-order valence-electron chi connectivity index (χ3n) is 6.82. The lowest BCUT2D eigenvalue weighted by Gasteiger charge is -2.26. The van der Waals surface area contributed by atoms with E-state index in [0.717, 1.165) is 61.3 Å². The van der Waals surface area contributed by atoms with Crippen molar-refractivity contribution in [1.29, 1.82) is 0 Å². The molecular weight excluding hydrogens is 443 g/mol. The molecule has 2 aliphatic rings. The van der Waals surface area contributed by atoms with Gasteiger partial charge in [-0.3, -0.25) is 9.69 Å². The maximum atomic E-state index is 14.9. The van der Waals surface area contributed by atoms with Crippen LogP contribution in [0.3, 0.4) is 0 Å². The van der Waals surface area contributed by atoms with Crippen molar-refractivity contribution in [2.24, 2.45) is 0 Å². The van der Waals surface area contributed by atoms with Gasteiger partial charge in [0.2, 0.25) is 5.95 Å². The summed E-state index contributed by atoms with van der Waals surface area (Å²) in [6.45, 7) is 4.18. The molecule has 0 atom stereocenters. The number of anilines is 1. The number of hydrogen-bond donors (Lipinski definition) is 2. The monoisotopic (exact) mass is 472 g/mol. The van der Waals surface area contributed by atoms with Crippen LogP contribution in [0.1, 0.15) is 27.9 Å². The Labute approximate surface area is 204 Å². The molecule has 35 heavy (non-hydrogen) atoms. The van der Waals surface area contributed by atoms with E-state index in [1.54, 1.807) is 19.2 Å². The number of nitrogens with one attached hydrogen (secondary N) is 1. The molecule has 3 N–H and O–H groups in total. The fourth-order valence-electron chi connectivity index (χ4n) is 4.79. The van der Waals surface area contributed by atoms with Crippen LogP contribution in [0.2, 0.25) is 0 Å². The number of rotatable bonds is 6. The first-order valence-electron chi connectivity index (χ1n) is 11.9. The Balaban J connectivity index is 1.41. The average molecular weight is 473 g/mol. The Morgan fingerprint density at radius 2 is 1.80 bits per heavy atom. The van der Waals surface area contributed by atoms with Gasteiger partial charge in [-0.15, -0.1) is 0 Å². The lowest BCUT2D eigenvalue weighted by Crippen LogP contribution is -2.31.